The maximum atomic E-state index is 6.00. The molecule has 0 amide bonds. The molecule has 3 N–H and O–H groups in total. The zero-order valence-electron chi connectivity index (χ0n) is 8.22. The molecule has 14 heavy (non-hydrogen) atoms. The van der Waals surface area contributed by atoms with Crippen molar-refractivity contribution >= 4 is 11.6 Å². The Morgan fingerprint density at radius 1 is 1.50 bits per heavy atom. The lowest BCUT2D eigenvalue weighted by atomic mass is 10.2. The lowest BCUT2D eigenvalue weighted by Gasteiger charge is -2.07. The van der Waals surface area contributed by atoms with Gasteiger partial charge < -0.3 is 15.8 Å². The molecule has 0 saturated heterocycles. The van der Waals surface area contributed by atoms with Gasteiger partial charge in [-0.2, -0.15) is 0 Å². The molecule has 4 heteroatoms. The molecule has 0 heterocycles. The number of nitrogens with one attached hydrogen (secondary N) is 1. The van der Waals surface area contributed by atoms with Crippen molar-refractivity contribution in [3.8, 4) is 5.75 Å². The zero-order chi connectivity index (χ0) is 10.4. The normalized spacial score (nSPS) is 10.2. The molecule has 0 bridgehead atoms. The minimum absolute atomic E-state index is 0.463. The number of hydrogen-bond donors (Lipinski definition) is 2. The molecule has 78 valence electrons. The lowest BCUT2D eigenvalue weighted by molar-refractivity contribution is 0.340. The Bertz CT molecular complexity index is 291. The molecule has 0 saturated carbocycles. The molecule has 0 fully saturated rings. The summed E-state index contributed by atoms with van der Waals surface area (Å²) >= 11 is 6.00. The van der Waals surface area contributed by atoms with Crippen LogP contribution in [0.2, 0.25) is 5.02 Å². The Morgan fingerprint density at radius 2 is 2.29 bits per heavy atom. The highest BCUT2D eigenvalue weighted by molar-refractivity contribution is 6.32. The van der Waals surface area contributed by atoms with Crippen LogP contribution in [0.15, 0.2) is 18.2 Å². The third-order valence-electron chi connectivity index (χ3n) is 1.77. The fourth-order valence-corrected chi connectivity index (χ4v) is 1.40. The van der Waals surface area contributed by atoms with E-state index in [2.05, 4.69) is 5.32 Å². The van der Waals surface area contributed by atoms with Gasteiger partial charge in [0.05, 0.1) is 11.6 Å². The van der Waals surface area contributed by atoms with E-state index in [-0.39, 0.29) is 0 Å². The molecule has 0 aliphatic carbocycles. The van der Waals surface area contributed by atoms with E-state index in [4.69, 9.17) is 22.1 Å². The third-order valence-corrected chi connectivity index (χ3v) is 2.06. The first-order chi connectivity index (χ1) is 6.77. The smallest absolute Gasteiger partial charge is 0.137 e. The summed E-state index contributed by atoms with van der Waals surface area (Å²) in [4.78, 5) is 0. The first-order valence-electron chi connectivity index (χ1n) is 4.60. The predicted octanol–water partition coefficient (Wildman–Crippen LogP) is 1.74. The van der Waals surface area contributed by atoms with Gasteiger partial charge >= 0.3 is 0 Å². The Morgan fingerprint density at radius 3 is 2.86 bits per heavy atom. The Kier molecular flexibility index (Phi) is 4.73. The highest BCUT2D eigenvalue weighted by Crippen LogP contribution is 2.25. The van der Waals surface area contributed by atoms with Gasteiger partial charge in [0, 0.05) is 13.2 Å². The van der Waals surface area contributed by atoms with Crippen molar-refractivity contribution in [2.45, 2.75) is 13.5 Å². The first-order valence-corrected chi connectivity index (χ1v) is 4.97. The quantitative estimate of drug-likeness (QED) is 0.735. The van der Waals surface area contributed by atoms with Crippen LogP contribution in [0.5, 0.6) is 5.75 Å². The average Bonchev–Trinajstić information content (AvgIpc) is 2.19. The lowest BCUT2D eigenvalue weighted by Crippen LogP contribution is -2.21. The minimum atomic E-state index is 0.463. The Labute approximate surface area is 89.2 Å². The van der Waals surface area contributed by atoms with Crippen LogP contribution < -0.4 is 15.8 Å². The summed E-state index contributed by atoms with van der Waals surface area (Å²) in [6, 6.07) is 5.73. The fourth-order valence-electron chi connectivity index (χ4n) is 1.14. The van der Waals surface area contributed by atoms with Crippen LogP contribution in [-0.2, 0) is 6.54 Å². The second kappa shape index (κ2) is 5.86. The van der Waals surface area contributed by atoms with Crippen molar-refractivity contribution in [1.29, 1.82) is 0 Å². The summed E-state index contributed by atoms with van der Waals surface area (Å²) in [5, 5.41) is 3.66. The van der Waals surface area contributed by atoms with Crippen LogP contribution in [0.3, 0.4) is 0 Å². The average molecular weight is 215 g/mol. The van der Waals surface area contributed by atoms with Crippen molar-refractivity contribution < 1.29 is 4.74 Å². The molecule has 0 unspecified atom stereocenters. The van der Waals surface area contributed by atoms with E-state index in [0.717, 1.165) is 17.9 Å². The SMILES string of the molecule is CCOc1ccc(CNCN)cc1Cl. The number of ether oxygens (including phenoxy) is 1. The van der Waals surface area contributed by atoms with E-state index < -0.39 is 0 Å². The minimum Gasteiger partial charge on any atom is -0.492 e. The van der Waals surface area contributed by atoms with Gasteiger partial charge in [0.2, 0.25) is 0 Å². The van der Waals surface area contributed by atoms with Gasteiger partial charge in [-0.15, -0.1) is 0 Å². The van der Waals surface area contributed by atoms with Crippen LogP contribution in [0.25, 0.3) is 0 Å². The van der Waals surface area contributed by atoms with Gasteiger partial charge in [0.25, 0.3) is 0 Å². The van der Waals surface area contributed by atoms with Crippen LogP contribution in [0.1, 0.15) is 12.5 Å². The van der Waals surface area contributed by atoms with Gasteiger partial charge in [0.15, 0.2) is 0 Å². The van der Waals surface area contributed by atoms with Crippen LogP contribution in [-0.4, -0.2) is 13.3 Å². The highest BCUT2D eigenvalue weighted by Gasteiger charge is 2.01. The van der Waals surface area contributed by atoms with Gasteiger partial charge in [-0.25, -0.2) is 0 Å². The zero-order valence-corrected chi connectivity index (χ0v) is 8.97. The summed E-state index contributed by atoms with van der Waals surface area (Å²) in [5.74, 6) is 0.727. The summed E-state index contributed by atoms with van der Waals surface area (Å²) in [6.07, 6.45) is 0. The van der Waals surface area contributed by atoms with E-state index in [1.54, 1.807) is 0 Å². The topological polar surface area (TPSA) is 47.3 Å². The molecule has 3 nitrogen and oxygen atoms in total. The van der Waals surface area contributed by atoms with Crippen LogP contribution in [0, 0.1) is 0 Å². The molecule has 0 aromatic heterocycles. The van der Waals surface area contributed by atoms with Gasteiger partial charge in [0.1, 0.15) is 5.75 Å². The van der Waals surface area contributed by atoms with Crippen LogP contribution >= 0.6 is 11.6 Å². The van der Waals surface area contributed by atoms with Crippen molar-refractivity contribution in [3.63, 3.8) is 0 Å². The Hall–Kier alpha value is -0.770. The highest BCUT2D eigenvalue weighted by atomic mass is 35.5. The third kappa shape index (κ3) is 3.18. The molecule has 0 aliphatic rings. The molecule has 0 radical (unpaired) electrons. The standard InChI is InChI=1S/C10H15ClN2O/c1-2-14-10-4-3-8(5-9(10)11)6-13-7-12/h3-5,13H,2,6-7,12H2,1H3. The molecule has 0 aliphatic heterocycles. The van der Waals surface area contributed by atoms with E-state index in [1.807, 2.05) is 25.1 Å². The molecule has 0 atom stereocenters. The molecule has 0 spiro atoms. The van der Waals surface area contributed by atoms with E-state index >= 15 is 0 Å². The van der Waals surface area contributed by atoms with E-state index in [9.17, 15) is 0 Å². The maximum Gasteiger partial charge on any atom is 0.137 e. The van der Waals surface area contributed by atoms with Gasteiger partial charge in [-0.3, -0.25) is 0 Å². The Balaban J connectivity index is 2.68. The monoisotopic (exact) mass is 214 g/mol. The summed E-state index contributed by atoms with van der Waals surface area (Å²) < 4.78 is 5.32. The number of benzene rings is 1. The second-order valence-corrected chi connectivity index (χ2v) is 3.24. The largest absolute Gasteiger partial charge is 0.492 e. The molecule has 1 aromatic rings. The van der Waals surface area contributed by atoms with Crippen molar-refractivity contribution in [1.82, 2.24) is 5.32 Å². The van der Waals surface area contributed by atoms with Crippen molar-refractivity contribution in [2.75, 3.05) is 13.3 Å². The molecule has 1 rings (SSSR count). The number of hydrogen-bond acceptors (Lipinski definition) is 3. The summed E-state index contributed by atoms with van der Waals surface area (Å²) in [6.45, 7) is 3.74. The maximum absolute atomic E-state index is 6.00. The summed E-state index contributed by atoms with van der Waals surface area (Å²) in [5.41, 5.74) is 6.42. The summed E-state index contributed by atoms with van der Waals surface area (Å²) in [7, 11) is 0. The second-order valence-electron chi connectivity index (χ2n) is 2.83. The van der Waals surface area contributed by atoms with Gasteiger partial charge in [-0.05, 0) is 24.6 Å². The van der Waals surface area contributed by atoms with E-state index in [1.165, 1.54) is 0 Å². The molecular weight excluding hydrogens is 200 g/mol. The van der Waals surface area contributed by atoms with Gasteiger partial charge in [-0.1, -0.05) is 17.7 Å². The molecule has 1 aromatic carbocycles. The van der Waals surface area contributed by atoms with Crippen molar-refractivity contribution in [2.24, 2.45) is 5.73 Å². The van der Waals surface area contributed by atoms with Crippen LogP contribution in [0.4, 0.5) is 0 Å². The number of halogens is 1. The fraction of sp³-hybridized carbons (Fsp3) is 0.400. The number of rotatable bonds is 5. The number of nitrogens with two attached hydrogens (primary N) is 1. The molecular formula is C10H15ClN2O. The van der Waals surface area contributed by atoms with Crippen molar-refractivity contribution in [3.05, 3.63) is 28.8 Å². The first kappa shape index (κ1) is 11.3. The predicted molar refractivity (Wildman–Crippen MR) is 58.5 cm³/mol. The van der Waals surface area contributed by atoms with E-state index in [0.29, 0.717) is 18.3 Å².